The summed E-state index contributed by atoms with van der Waals surface area (Å²) < 4.78 is 1.11. The average Bonchev–Trinajstić information content (AvgIpc) is 0.736. The molecule has 0 aliphatic heterocycles. The third-order valence-corrected chi connectivity index (χ3v) is 18.0. The van der Waals surface area contributed by atoms with Gasteiger partial charge in [0, 0.05) is 65.5 Å². The van der Waals surface area contributed by atoms with E-state index in [2.05, 4.69) is 276 Å². The molecule has 0 atom stereocenters. The molecule has 0 aliphatic rings. The predicted molar refractivity (Wildman–Crippen MR) is 394 cm³/mol. The van der Waals surface area contributed by atoms with E-state index in [1.54, 1.807) is 12.7 Å². The highest BCUT2D eigenvalue weighted by Gasteiger charge is 2.25. The van der Waals surface area contributed by atoms with Crippen LogP contribution >= 0.6 is 15.9 Å². The number of nitrogens with zero attached hydrogens (tertiary/aromatic N) is 7. The number of benzene rings is 16. The topological polar surface area (TPSA) is 73.3 Å². The molecule has 9 heteroatoms. The maximum Gasteiger partial charge on any atom is 0.148 e. The van der Waals surface area contributed by atoms with Crippen molar-refractivity contribution < 1.29 is 0 Å². The van der Waals surface area contributed by atoms with Crippen molar-refractivity contribution in [1.82, 2.24) is 19.9 Å². The van der Waals surface area contributed by atoms with Crippen molar-refractivity contribution in [2.24, 2.45) is 0 Å². The van der Waals surface area contributed by atoms with Gasteiger partial charge in [0.2, 0.25) is 0 Å². The number of hydrogen-bond acceptors (Lipinski definition) is 8. The van der Waals surface area contributed by atoms with E-state index < -0.39 is 0 Å². The molecule has 0 bridgehead atoms. The van der Waals surface area contributed by atoms with Crippen molar-refractivity contribution >= 4 is 165 Å². The van der Waals surface area contributed by atoms with Gasteiger partial charge in [-0.25, -0.2) is 19.9 Å². The average molecular weight is 1260 g/mol. The number of para-hydroxylation sites is 8. The van der Waals surface area contributed by atoms with Crippen LogP contribution in [0.3, 0.4) is 0 Å². The zero-order valence-electron chi connectivity index (χ0n) is 50.3. The molecule has 18 rings (SSSR count). The number of nitrogens with one attached hydrogen (secondary N) is 1. The minimum atomic E-state index is 0.854. The van der Waals surface area contributed by atoms with Crippen molar-refractivity contribution in [2.75, 3.05) is 20.0 Å². The molecule has 0 unspecified atom stereocenters. The predicted octanol–water partition coefficient (Wildman–Crippen LogP) is 23.7. The van der Waals surface area contributed by atoms with Gasteiger partial charge in [0.05, 0.1) is 28.1 Å². The van der Waals surface area contributed by atoms with Gasteiger partial charge in [-0.2, -0.15) is 0 Å². The number of fused-ring (bicyclic) bond motifs is 2. The molecule has 0 amide bonds. The van der Waals surface area contributed by atoms with Crippen LogP contribution in [0.2, 0.25) is 0 Å². The Bertz CT molecular complexity index is 5540. The van der Waals surface area contributed by atoms with Crippen LogP contribution in [-0.4, -0.2) is 19.9 Å². The Morgan fingerprint density at radius 2 is 0.527 bits per heavy atom. The molecular weight excluding hydrogens is 1200 g/mol. The Labute approximate surface area is 546 Å². The van der Waals surface area contributed by atoms with Crippen LogP contribution in [-0.2, 0) is 0 Å². The summed E-state index contributed by atoms with van der Waals surface area (Å²) in [6.07, 6.45) is 3.32. The second-order valence-corrected chi connectivity index (χ2v) is 23.6. The molecule has 2 aromatic heterocycles. The maximum absolute atomic E-state index is 4.88. The van der Waals surface area contributed by atoms with Crippen LogP contribution in [0.4, 0.5) is 62.8 Å². The molecule has 1 N–H and O–H groups in total. The van der Waals surface area contributed by atoms with Crippen LogP contribution in [0.1, 0.15) is 0 Å². The lowest BCUT2D eigenvalue weighted by molar-refractivity contribution is 1.15. The van der Waals surface area contributed by atoms with Crippen LogP contribution in [0.5, 0.6) is 0 Å². The first-order chi connectivity index (χ1) is 46.1. The van der Waals surface area contributed by atoms with Gasteiger partial charge in [-0.05, 0) is 170 Å². The Morgan fingerprint density at radius 1 is 0.237 bits per heavy atom. The largest absolute Gasteiger partial charge is 0.356 e. The summed E-state index contributed by atoms with van der Waals surface area (Å²) in [6.45, 7) is 0. The van der Waals surface area contributed by atoms with Crippen molar-refractivity contribution in [1.29, 1.82) is 0 Å². The Kier molecular flexibility index (Phi) is 15.0. The Hall–Kier alpha value is -12.0. The molecule has 0 aliphatic carbocycles. The Morgan fingerprint density at radius 3 is 0.914 bits per heavy atom. The second-order valence-electron chi connectivity index (χ2n) is 22.8. The van der Waals surface area contributed by atoms with Crippen molar-refractivity contribution in [3.8, 4) is 0 Å². The van der Waals surface area contributed by atoms with Gasteiger partial charge in [0.25, 0.3) is 0 Å². The van der Waals surface area contributed by atoms with E-state index in [1.807, 2.05) is 97.1 Å². The minimum absolute atomic E-state index is 0.854. The summed E-state index contributed by atoms with van der Waals surface area (Å²) in [4.78, 5) is 25.6. The van der Waals surface area contributed by atoms with Gasteiger partial charge < -0.3 is 10.2 Å². The lowest BCUT2D eigenvalue weighted by atomic mass is 9.91. The molecule has 16 aromatic carbocycles. The van der Waals surface area contributed by atoms with Gasteiger partial charge in [-0.15, -0.1) is 0 Å². The molecule has 0 radical (unpaired) electrons. The van der Waals surface area contributed by atoms with E-state index in [0.29, 0.717) is 0 Å². The maximum atomic E-state index is 4.88. The molecule has 0 spiro atoms. The number of rotatable bonds is 11. The molecule has 2 heterocycles. The van der Waals surface area contributed by atoms with Crippen molar-refractivity contribution in [3.63, 3.8) is 0 Å². The summed E-state index contributed by atoms with van der Waals surface area (Å²) in [5.41, 5.74) is 11.7. The van der Waals surface area contributed by atoms with Crippen molar-refractivity contribution in [2.45, 2.75) is 0 Å². The van der Waals surface area contributed by atoms with E-state index in [-0.39, 0.29) is 0 Å². The van der Waals surface area contributed by atoms with Gasteiger partial charge in [-0.1, -0.05) is 222 Å². The van der Waals surface area contributed by atoms with Crippen LogP contribution in [0.25, 0.3) is 86.4 Å². The fourth-order valence-electron chi connectivity index (χ4n) is 13.1. The smallest absolute Gasteiger partial charge is 0.148 e. The van der Waals surface area contributed by atoms with Gasteiger partial charge in [-0.3, -0.25) is 9.80 Å². The lowest BCUT2D eigenvalue weighted by Gasteiger charge is -2.29. The third-order valence-electron chi connectivity index (χ3n) is 17.3. The molecule has 0 saturated carbocycles. The molecule has 0 fully saturated rings. The summed E-state index contributed by atoms with van der Waals surface area (Å²) in [5, 5.41) is 20.1. The third kappa shape index (κ3) is 10.6. The van der Waals surface area contributed by atoms with Crippen LogP contribution in [0.15, 0.2) is 345 Å². The zero-order chi connectivity index (χ0) is 62.0. The summed E-state index contributed by atoms with van der Waals surface area (Å²) in [7, 11) is 0. The number of halogens is 1. The molecule has 0 saturated heterocycles. The normalized spacial score (nSPS) is 11.3. The highest BCUT2D eigenvalue weighted by atomic mass is 79.9. The summed E-state index contributed by atoms with van der Waals surface area (Å²) >= 11 is 3.76. The highest BCUT2D eigenvalue weighted by molar-refractivity contribution is 9.10. The first-order valence-corrected chi connectivity index (χ1v) is 31.8. The van der Waals surface area contributed by atoms with E-state index in [1.165, 1.54) is 64.6 Å². The van der Waals surface area contributed by atoms with Gasteiger partial charge in [0.1, 0.15) is 24.3 Å². The molecule has 93 heavy (non-hydrogen) atoms. The molecule has 440 valence electrons. The SMILES string of the molecule is Brc1ccc2ccc3c(N(c4ccccc4)c4ncnc5ccccc45)ccc4ccc1c2c43.c1ccc(N(c2ccccc2)c2ccc3ccc4c(N(c5ccccc5)c5ncnc6ccccc56)ccc5ccc2c3c54)cc1.c1ccc(Nc2ccccc2)cc1. The lowest BCUT2D eigenvalue weighted by Crippen LogP contribution is -2.13. The van der Waals surface area contributed by atoms with Gasteiger partial charge in [0.15, 0.2) is 0 Å². The van der Waals surface area contributed by atoms with E-state index in [9.17, 15) is 0 Å². The number of hydrogen-bond donors (Lipinski definition) is 1. The summed E-state index contributed by atoms with van der Waals surface area (Å²) in [5.74, 6) is 1.72. The van der Waals surface area contributed by atoms with Crippen LogP contribution in [0, 0.1) is 0 Å². The van der Waals surface area contributed by atoms with Gasteiger partial charge >= 0.3 is 0 Å². The zero-order valence-corrected chi connectivity index (χ0v) is 51.9. The van der Waals surface area contributed by atoms with Crippen LogP contribution < -0.4 is 20.0 Å². The van der Waals surface area contributed by atoms with Crippen molar-refractivity contribution in [3.05, 3.63) is 345 Å². The molecule has 18 aromatic rings. The molecular formula is C84H57BrN8. The van der Waals surface area contributed by atoms with E-state index >= 15 is 0 Å². The standard InChI is InChI=1S/C42H28N4.C30H18BrN3.C12H11N/c1-4-12-31(13-5-1)45(32-14-6-2-7-15-32)38-26-22-29-21-25-36-39(27-23-30-20-24-35(38)40(29)41(30)36)46(33-16-8-3-9-17-33)42-34-18-10-11-19-37(34)43-28-44-42;31-25-16-12-19-11-15-24-27(17-13-20-10-14-22(25)28(19)29(20)24)34(21-6-2-1-3-7-21)30-23-8-4-5-9-26(23)32-18-33-30;1-3-7-11(8-4-1)13-12-9-5-2-6-10-12/h1-28H;1-18H;1-10,13H. The number of anilines is 11. The summed E-state index contributed by atoms with van der Waals surface area (Å²) in [6, 6.07) is 115. The molecule has 8 nitrogen and oxygen atoms in total. The minimum Gasteiger partial charge on any atom is -0.356 e. The highest BCUT2D eigenvalue weighted by Crippen LogP contribution is 2.49. The van der Waals surface area contributed by atoms with E-state index in [4.69, 9.17) is 9.97 Å². The fourth-order valence-corrected chi connectivity index (χ4v) is 13.6. The Balaban J connectivity index is 0.000000127. The second kappa shape index (κ2) is 24.7. The quantitative estimate of drug-likeness (QED) is 0.128. The first-order valence-electron chi connectivity index (χ1n) is 31.0. The number of aromatic nitrogens is 4. The monoisotopic (exact) mass is 1260 g/mol. The fraction of sp³-hybridized carbons (Fsp3) is 0. The first kappa shape index (κ1) is 56.2. The van der Waals surface area contributed by atoms with E-state index in [0.717, 1.165) is 89.1 Å².